The topological polar surface area (TPSA) is 73.8 Å². The average Bonchev–Trinajstić information content (AvgIpc) is 2.77. The standard InChI is InChI=1S/C21H20BrN3O4/c1-27-14-6-7-18(22)17(10-14)21(26)25-8-9-28-15(11-25)12-29-20-16-4-2-3-5-19(16)23-13-24-20/h2-7,10,13,15H,8-9,11-12H2,1H3. The normalized spacial score (nSPS) is 16.6. The van der Waals surface area contributed by atoms with Crippen LogP contribution in [0.4, 0.5) is 0 Å². The van der Waals surface area contributed by atoms with Crippen molar-refractivity contribution in [2.45, 2.75) is 6.10 Å². The first kappa shape index (κ1) is 19.6. The van der Waals surface area contributed by atoms with Crippen LogP contribution in [0.25, 0.3) is 10.9 Å². The minimum Gasteiger partial charge on any atom is -0.497 e. The van der Waals surface area contributed by atoms with Crippen LogP contribution in [0.1, 0.15) is 10.4 Å². The number of rotatable bonds is 5. The van der Waals surface area contributed by atoms with Crippen LogP contribution in [0.2, 0.25) is 0 Å². The second-order valence-corrected chi connectivity index (χ2v) is 7.45. The number of amides is 1. The smallest absolute Gasteiger partial charge is 0.255 e. The molecule has 0 bridgehead atoms. The fraction of sp³-hybridized carbons (Fsp3) is 0.286. The van der Waals surface area contributed by atoms with Gasteiger partial charge in [-0.15, -0.1) is 0 Å². The van der Waals surface area contributed by atoms with E-state index in [0.717, 1.165) is 15.4 Å². The highest BCUT2D eigenvalue weighted by Crippen LogP contribution is 2.25. The highest BCUT2D eigenvalue weighted by molar-refractivity contribution is 9.10. The zero-order valence-corrected chi connectivity index (χ0v) is 17.5. The molecule has 1 aliphatic heterocycles. The number of hydrogen-bond donors (Lipinski definition) is 0. The van der Waals surface area contributed by atoms with Crippen molar-refractivity contribution in [3.05, 3.63) is 58.8 Å². The third-order valence-corrected chi connectivity index (χ3v) is 5.43. The molecule has 1 saturated heterocycles. The third-order valence-electron chi connectivity index (χ3n) is 4.74. The van der Waals surface area contributed by atoms with Crippen LogP contribution in [0.3, 0.4) is 0 Å². The molecule has 1 unspecified atom stereocenters. The van der Waals surface area contributed by atoms with Gasteiger partial charge in [0.2, 0.25) is 5.88 Å². The molecule has 0 radical (unpaired) electrons. The zero-order chi connectivity index (χ0) is 20.2. The average molecular weight is 458 g/mol. The van der Waals surface area contributed by atoms with E-state index >= 15 is 0 Å². The number of methoxy groups -OCH3 is 1. The van der Waals surface area contributed by atoms with Crippen molar-refractivity contribution in [1.82, 2.24) is 14.9 Å². The monoisotopic (exact) mass is 457 g/mol. The van der Waals surface area contributed by atoms with Gasteiger partial charge in [0, 0.05) is 11.0 Å². The Morgan fingerprint density at radius 1 is 1.28 bits per heavy atom. The highest BCUT2D eigenvalue weighted by atomic mass is 79.9. The fourth-order valence-electron chi connectivity index (χ4n) is 3.24. The van der Waals surface area contributed by atoms with Crippen LogP contribution >= 0.6 is 15.9 Å². The van der Waals surface area contributed by atoms with E-state index in [1.54, 1.807) is 18.1 Å². The summed E-state index contributed by atoms with van der Waals surface area (Å²) < 4.78 is 17.7. The third kappa shape index (κ3) is 4.33. The lowest BCUT2D eigenvalue weighted by Gasteiger charge is -2.33. The molecule has 2 heterocycles. The Morgan fingerprint density at radius 2 is 2.14 bits per heavy atom. The van der Waals surface area contributed by atoms with Gasteiger partial charge in [-0.05, 0) is 46.3 Å². The Morgan fingerprint density at radius 3 is 3.00 bits per heavy atom. The maximum Gasteiger partial charge on any atom is 0.255 e. The van der Waals surface area contributed by atoms with Crippen molar-refractivity contribution >= 4 is 32.7 Å². The summed E-state index contributed by atoms with van der Waals surface area (Å²) in [7, 11) is 1.58. The minimum atomic E-state index is -0.245. The number of carbonyl (C=O) groups is 1. The van der Waals surface area contributed by atoms with Crippen LogP contribution in [0.5, 0.6) is 11.6 Å². The van der Waals surface area contributed by atoms with Crippen molar-refractivity contribution < 1.29 is 19.0 Å². The maximum atomic E-state index is 13.0. The molecule has 0 aliphatic carbocycles. The number of hydrogen-bond acceptors (Lipinski definition) is 6. The predicted molar refractivity (Wildman–Crippen MR) is 111 cm³/mol. The molecule has 8 heteroatoms. The molecule has 150 valence electrons. The summed E-state index contributed by atoms with van der Waals surface area (Å²) in [5, 5.41) is 0.846. The molecular weight excluding hydrogens is 438 g/mol. The van der Waals surface area contributed by atoms with Gasteiger partial charge in [0.15, 0.2) is 0 Å². The summed E-state index contributed by atoms with van der Waals surface area (Å²) in [6.45, 7) is 1.71. The number of morpholine rings is 1. The molecule has 0 saturated carbocycles. The molecule has 4 rings (SSSR count). The lowest BCUT2D eigenvalue weighted by atomic mass is 10.1. The van der Waals surface area contributed by atoms with Gasteiger partial charge in [-0.1, -0.05) is 12.1 Å². The molecule has 1 aliphatic rings. The fourth-order valence-corrected chi connectivity index (χ4v) is 3.65. The summed E-state index contributed by atoms with van der Waals surface area (Å²) in [5.74, 6) is 1.08. The van der Waals surface area contributed by atoms with Crippen molar-refractivity contribution in [2.75, 3.05) is 33.4 Å². The summed E-state index contributed by atoms with van der Waals surface area (Å²) >= 11 is 3.45. The van der Waals surface area contributed by atoms with Crippen molar-refractivity contribution in [3.8, 4) is 11.6 Å². The summed E-state index contributed by atoms with van der Waals surface area (Å²) in [5.41, 5.74) is 1.38. The van der Waals surface area contributed by atoms with Crippen LogP contribution < -0.4 is 9.47 Å². The number of halogens is 1. The van der Waals surface area contributed by atoms with Gasteiger partial charge in [-0.3, -0.25) is 4.79 Å². The molecule has 2 aromatic carbocycles. The van der Waals surface area contributed by atoms with E-state index in [1.807, 2.05) is 36.4 Å². The number of ether oxygens (including phenoxy) is 3. The van der Waals surface area contributed by atoms with Gasteiger partial charge in [0.1, 0.15) is 24.8 Å². The van der Waals surface area contributed by atoms with E-state index < -0.39 is 0 Å². The molecule has 7 nitrogen and oxygen atoms in total. The van der Waals surface area contributed by atoms with Crippen LogP contribution in [0, 0.1) is 0 Å². The Balaban J connectivity index is 1.44. The van der Waals surface area contributed by atoms with Crippen LogP contribution in [-0.2, 0) is 4.74 Å². The number of aromatic nitrogens is 2. The molecule has 3 aromatic rings. The maximum absolute atomic E-state index is 13.0. The molecule has 29 heavy (non-hydrogen) atoms. The van der Waals surface area contributed by atoms with E-state index in [-0.39, 0.29) is 12.0 Å². The van der Waals surface area contributed by atoms with Gasteiger partial charge >= 0.3 is 0 Å². The molecule has 1 amide bonds. The van der Waals surface area contributed by atoms with Gasteiger partial charge in [-0.25, -0.2) is 9.97 Å². The number of benzene rings is 2. The first-order chi connectivity index (χ1) is 14.2. The van der Waals surface area contributed by atoms with Gasteiger partial charge in [-0.2, -0.15) is 0 Å². The largest absolute Gasteiger partial charge is 0.497 e. The number of fused-ring (bicyclic) bond motifs is 1. The summed E-state index contributed by atoms with van der Waals surface area (Å²) in [4.78, 5) is 23.3. The van der Waals surface area contributed by atoms with Crippen molar-refractivity contribution in [1.29, 1.82) is 0 Å². The first-order valence-electron chi connectivity index (χ1n) is 9.22. The second kappa shape index (κ2) is 8.75. The summed E-state index contributed by atoms with van der Waals surface area (Å²) in [6, 6.07) is 13.0. The molecule has 1 atom stereocenters. The van der Waals surface area contributed by atoms with Gasteiger partial charge in [0.25, 0.3) is 5.91 Å². The van der Waals surface area contributed by atoms with Crippen molar-refractivity contribution in [3.63, 3.8) is 0 Å². The lowest BCUT2D eigenvalue weighted by molar-refractivity contribution is -0.0405. The SMILES string of the molecule is COc1ccc(Br)c(C(=O)N2CCOC(COc3ncnc4ccccc34)C2)c1. The van der Waals surface area contributed by atoms with Gasteiger partial charge < -0.3 is 19.1 Å². The molecular formula is C21H20BrN3O4. The quantitative estimate of drug-likeness (QED) is 0.584. The van der Waals surface area contributed by atoms with Gasteiger partial charge in [0.05, 0.1) is 36.7 Å². The first-order valence-corrected chi connectivity index (χ1v) is 10.0. The Kier molecular flexibility index (Phi) is 5.92. The lowest BCUT2D eigenvalue weighted by Crippen LogP contribution is -2.47. The molecule has 1 fully saturated rings. The second-order valence-electron chi connectivity index (χ2n) is 6.60. The van der Waals surface area contributed by atoms with E-state index in [4.69, 9.17) is 14.2 Å². The summed E-state index contributed by atoms with van der Waals surface area (Å²) in [6.07, 6.45) is 1.24. The Bertz CT molecular complexity index is 1020. The van der Waals surface area contributed by atoms with Crippen molar-refractivity contribution in [2.24, 2.45) is 0 Å². The predicted octanol–water partition coefficient (Wildman–Crippen LogP) is 3.32. The Hall–Kier alpha value is -2.71. The highest BCUT2D eigenvalue weighted by Gasteiger charge is 2.27. The van der Waals surface area contributed by atoms with E-state index in [1.165, 1.54) is 6.33 Å². The molecule has 0 spiro atoms. The van der Waals surface area contributed by atoms with E-state index in [9.17, 15) is 4.79 Å². The minimum absolute atomic E-state index is 0.0726. The van der Waals surface area contributed by atoms with Crippen LogP contribution in [0.15, 0.2) is 53.3 Å². The van der Waals surface area contributed by atoms with Crippen LogP contribution in [-0.4, -0.2) is 60.3 Å². The molecule has 1 aromatic heterocycles. The number of carbonyl (C=O) groups excluding carboxylic acids is 1. The molecule has 0 N–H and O–H groups in total. The number of nitrogens with zero attached hydrogens (tertiary/aromatic N) is 3. The zero-order valence-electron chi connectivity index (χ0n) is 15.9. The van der Waals surface area contributed by atoms with E-state index in [2.05, 4.69) is 25.9 Å². The number of para-hydroxylation sites is 1. The van der Waals surface area contributed by atoms with E-state index in [0.29, 0.717) is 43.5 Å². The Labute approximate surface area is 176 Å².